The van der Waals surface area contributed by atoms with Crippen LogP contribution in [0.5, 0.6) is 0 Å². The summed E-state index contributed by atoms with van der Waals surface area (Å²) in [6.07, 6.45) is 1.16. The highest BCUT2D eigenvalue weighted by molar-refractivity contribution is 5.80. The minimum Gasteiger partial charge on any atom is -0.291 e. The molecule has 2 N–H and O–H groups in total. The number of benzene rings is 1. The number of aromatic amines is 1. The number of halogens is 2. The average molecular weight is 264 g/mol. The predicted octanol–water partition coefficient (Wildman–Crippen LogP) is 1.80. The molecule has 1 heterocycles. The first kappa shape index (κ1) is 12.9. The van der Waals surface area contributed by atoms with Crippen LogP contribution in [0, 0.1) is 18.6 Å². The van der Waals surface area contributed by atoms with Crippen molar-refractivity contribution in [2.75, 3.05) is 5.43 Å². The molecule has 0 saturated heterocycles. The van der Waals surface area contributed by atoms with Gasteiger partial charge in [0.2, 0.25) is 5.95 Å². The van der Waals surface area contributed by atoms with E-state index >= 15 is 0 Å². The molecule has 0 aliphatic heterocycles. The van der Waals surface area contributed by atoms with E-state index in [1.165, 1.54) is 12.1 Å². The standard InChI is InChI=1S/C12H10F2N4O/c1-7-4-11(19)17-12(16-7)18-15-6-8-2-3-9(13)5-10(8)14/h2-6H,1H3,(H2,16,17,18,19)/b15-6-. The number of nitrogens with one attached hydrogen (secondary N) is 2. The smallest absolute Gasteiger partial charge is 0.252 e. The minimum atomic E-state index is -0.726. The van der Waals surface area contributed by atoms with Crippen LogP contribution < -0.4 is 11.0 Å². The summed E-state index contributed by atoms with van der Waals surface area (Å²) in [6, 6.07) is 4.46. The Morgan fingerprint density at radius 1 is 1.37 bits per heavy atom. The second-order valence-electron chi connectivity index (χ2n) is 3.77. The van der Waals surface area contributed by atoms with Gasteiger partial charge in [0.1, 0.15) is 11.6 Å². The maximum Gasteiger partial charge on any atom is 0.252 e. The zero-order valence-electron chi connectivity index (χ0n) is 9.95. The predicted molar refractivity (Wildman–Crippen MR) is 67.2 cm³/mol. The molecule has 0 spiro atoms. The fraction of sp³-hybridized carbons (Fsp3) is 0.0833. The van der Waals surface area contributed by atoms with Crippen molar-refractivity contribution in [3.8, 4) is 0 Å². The van der Waals surface area contributed by atoms with Crippen molar-refractivity contribution >= 4 is 12.2 Å². The van der Waals surface area contributed by atoms with Gasteiger partial charge in [0.25, 0.3) is 5.56 Å². The van der Waals surface area contributed by atoms with Gasteiger partial charge < -0.3 is 0 Å². The van der Waals surface area contributed by atoms with Crippen LogP contribution in [0.2, 0.25) is 0 Å². The van der Waals surface area contributed by atoms with Crippen molar-refractivity contribution in [2.24, 2.45) is 5.10 Å². The molecule has 1 aromatic heterocycles. The molecule has 19 heavy (non-hydrogen) atoms. The van der Waals surface area contributed by atoms with Crippen LogP contribution in [0.1, 0.15) is 11.3 Å². The lowest BCUT2D eigenvalue weighted by molar-refractivity contribution is 0.582. The zero-order valence-corrected chi connectivity index (χ0v) is 9.95. The maximum absolute atomic E-state index is 13.3. The second kappa shape index (κ2) is 5.38. The summed E-state index contributed by atoms with van der Waals surface area (Å²) in [5, 5.41) is 3.71. The van der Waals surface area contributed by atoms with E-state index in [0.29, 0.717) is 5.69 Å². The molecule has 7 heteroatoms. The van der Waals surface area contributed by atoms with Crippen molar-refractivity contribution in [2.45, 2.75) is 6.92 Å². The Morgan fingerprint density at radius 2 is 2.16 bits per heavy atom. The van der Waals surface area contributed by atoms with E-state index in [0.717, 1.165) is 18.3 Å². The Morgan fingerprint density at radius 3 is 2.84 bits per heavy atom. The lowest BCUT2D eigenvalue weighted by Crippen LogP contribution is -2.10. The largest absolute Gasteiger partial charge is 0.291 e. The number of rotatable bonds is 3. The van der Waals surface area contributed by atoms with E-state index in [2.05, 4.69) is 20.5 Å². The van der Waals surface area contributed by atoms with Crippen molar-refractivity contribution in [3.63, 3.8) is 0 Å². The third-order valence-corrected chi connectivity index (χ3v) is 2.21. The normalized spacial score (nSPS) is 10.9. The molecule has 0 amide bonds. The number of hydrogen-bond acceptors (Lipinski definition) is 4. The first-order valence-electron chi connectivity index (χ1n) is 5.37. The number of H-pyrrole nitrogens is 1. The van der Waals surface area contributed by atoms with E-state index in [4.69, 9.17) is 0 Å². The first-order valence-corrected chi connectivity index (χ1v) is 5.37. The average Bonchev–Trinajstić information content (AvgIpc) is 2.30. The van der Waals surface area contributed by atoms with Gasteiger partial charge in [0.15, 0.2) is 0 Å². The number of hydrogen-bond donors (Lipinski definition) is 2. The summed E-state index contributed by atoms with van der Waals surface area (Å²) in [7, 11) is 0. The van der Waals surface area contributed by atoms with Crippen LogP contribution in [0.3, 0.4) is 0 Å². The fourth-order valence-corrected chi connectivity index (χ4v) is 1.40. The van der Waals surface area contributed by atoms with Gasteiger partial charge in [-0.05, 0) is 19.1 Å². The molecule has 0 atom stereocenters. The first-order chi connectivity index (χ1) is 9.04. The third-order valence-electron chi connectivity index (χ3n) is 2.21. The lowest BCUT2D eigenvalue weighted by Gasteiger charge is -2.00. The van der Waals surface area contributed by atoms with E-state index in [9.17, 15) is 13.6 Å². The molecule has 0 radical (unpaired) electrons. The van der Waals surface area contributed by atoms with E-state index in [1.807, 2.05) is 0 Å². The van der Waals surface area contributed by atoms with Crippen LogP contribution in [-0.2, 0) is 0 Å². The molecule has 0 aliphatic carbocycles. The van der Waals surface area contributed by atoms with E-state index in [-0.39, 0.29) is 17.1 Å². The molecular weight excluding hydrogens is 254 g/mol. The van der Waals surface area contributed by atoms with Gasteiger partial charge in [0, 0.05) is 23.4 Å². The summed E-state index contributed by atoms with van der Waals surface area (Å²) < 4.78 is 25.9. The van der Waals surface area contributed by atoms with Gasteiger partial charge in [-0.25, -0.2) is 19.2 Å². The summed E-state index contributed by atoms with van der Waals surface area (Å²) in [4.78, 5) is 17.5. The van der Waals surface area contributed by atoms with Gasteiger partial charge in [-0.15, -0.1) is 0 Å². The van der Waals surface area contributed by atoms with E-state index < -0.39 is 11.6 Å². The summed E-state index contributed by atoms with van der Waals surface area (Å²) in [6.45, 7) is 1.66. The molecule has 2 rings (SSSR count). The summed E-state index contributed by atoms with van der Waals surface area (Å²) in [5.41, 5.74) is 2.78. The van der Waals surface area contributed by atoms with E-state index in [1.54, 1.807) is 6.92 Å². The number of hydrazone groups is 1. The second-order valence-corrected chi connectivity index (χ2v) is 3.77. The van der Waals surface area contributed by atoms with Gasteiger partial charge in [-0.2, -0.15) is 5.10 Å². The number of anilines is 1. The highest BCUT2D eigenvalue weighted by Crippen LogP contribution is 2.07. The van der Waals surface area contributed by atoms with Crippen LogP contribution in [0.4, 0.5) is 14.7 Å². The van der Waals surface area contributed by atoms with Gasteiger partial charge in [-0.1, -0.05) is 0 Å². The lowest BCUT2D eigenvalue weighted by atomic mass is 10.2. The number of nitrogens with zero attached hydrogens (tertiary/aromatic N) is 2. The summed E-state index contributed by atoms with van der Waals surface area (Å²) in [5.74, 6) is -1.24. The molecule has 0 saturated carbocycles. The van der Waals surface area contributed by atoms with Crippen LogP contribution >= 0.6 is 0 Å². The molecule has 5 nitrogen and oxygen atoms in total. The number of aromatic nitrogens is 2. The molecule has 0 aliphatic rings. The Bertz CT molecular complexity index is 682. The summed E-state index contributed by atoms with van der Waals surface area (Å²) >= 11 is 0. The Kier molecular flexibility index (Phi) is 3.65. The van der Waals surface area contributed by atoms with Crippen molar-refractivity contribution < 1.29 is 8.78 Å². The van der Waals surface area contributed by atoms with Crippen molar-refractivity contribution in [1.29, 1.82) is 0 Å². The molecular formula is C12H10F2N4O. The van der Waals surface area contributed by atoms with Crippen molar-refractivity contribution in [1.82, 2.24) is 9.97 Å². The Balaban J connectivity index is 2.13. The highest BCUT2D eigenvalue weighted by Gasteiger charge is 2.01. The quantitative estimate of drug-likeness (QED) is 0.656. The molecule has 98 valence electrons. The molecule has 1 aromatic carbocycles. The van der Waals surface area contributed by atoms with Gasteiger partial charge >= 0.3 is 0 Å². The Labute approximate surface area is 107 Å². The zero-order chi connectivity index (χ0) is 13.8. The maximum atomic E-state index is 13.3. The topological polar surface area (TPSA) is 70.1 Å². The minimum absolute atomic E-state index is 0.115. The number of aryl methyl sites for hydroxylation is 1. The van der Waals surface area contributed by atoms with Gasteiger partial charge in [0.05, 0.1) is 6.21 Å². The molecule has 0 bridgehead atoms. The monoisotopic (exact) mass is 264 g/mol. The molecule has 0 fully saturated rings. The van der Waals surface area contributed by atoms with Crippen LogP contribution in [0.15, 0.2) is 34.2 Å². The van der Waals surface area contributed by atoms with Crippen LogP contribution in [0.25, 0.3) is 0 Å². The Hall–Kier alpha value is -2.57. The molecule has 2 aromatic rings. The van der Waals surface area contributed by atoms with Crippen molar-refractivity contribution in [3.05, 3.63) is 57.5 Å². The highest BCUT2D eigenvalue weighted by atomic mass is 19.1. The SMILES string of the molecule is Cc1cc(=O)[nH]c(N/N=C\c2ccc(F)cc2F)n1. The molecule has 0 unspecified atom stereocenters. The van der Waals surface area contributed by atoms with Crippen LogP contribution in [-0.4, -0.2) is 16.2 Å². The van der Waals surface area contributed by atoms with Gasteiger partial charge in [-0.3, -0.25) is 9.78 Å². The fourth-order valence-electron chi connectivity index (χ4n) is 1.40. The third kappa shape index (κ3) is 3.44.